The molecular weight excluding hydrogens is 440 g/mol. The van der Waals surface area contributed by atoms with Crippen molar-refractivity contribution in [2.24, 2.45) is 0 Å². The number of esters is 1. The maximum Gasteiger partial charge on any atom is 0.408 e. The summed E-state index contributed by atoms with van der Waals surface area (Å²) in [4.78, 5) is 49.3. The third kappa shape index (κ3) is 9.72. The number of carboxylic acids is 1. The average molecular weight is 471 g/mol. The minimum atomic E-state index is -1.39. The van der Waals surface area contributed by atoms with Crippen LogP contribution in [-0.4, -0.2) is 46.7 Å². The quantitative estimate of drug-likeness (QED) is 0.455. The second kappa shape index (κ2) is 12.4. The van der Waals surface area contributed by atoms with Crippen molar-refractivity contribution in [2.45, 2.75) is 57.9 Å². The summed E-state index contributed by atoms with van der Waals surface area (Å²) in [7, 11) is 0. The molecule has 182 valence electrons. The number of carbonyl (C=O) groups is 4. The fourth-order valence-corrected chi connectivity index (χ4v) is 2.99. The van der Waals surface area contributed by atoms with Gasteiger partial charge in [0.05, 0.1) is 6.42 Å². The highest BCUT2D eigenvalue weighted by atomic mass is 16.6. The SMILES string of the molecule is CC(C)(C)OC(=O)C[C@H](NC(=O)OCc1ccccc1)C(=O)N[C@@H](Cc1ccccc1)C(=O)O. The van der Waals surface area contributed by atoms with Gasteiger partial charge in [0.2, 0.25) is 5.91 Å². The van der Waals surface area contributed by atoms with Crippen LogP contribution in [0.5, 0.6) is 0 Å². The van der Waals surface area contributed by atoms with Crippen LogP contribution in [0.25, 0.3) is 0 Å². The van der Waals surface area contributed by atoms with E-state index in [9.17, 15) is 24.3 Å². The molecule has 2 aromatic carbocycles. The van der Waals surface area contributed by atoms with Crippen LogP contribution >= 0.6 is 0 Å². The number of nitrogens with one attached hydrogen (secondary N) is 2. The van der Waals surface area contributed by atoms with E-state index in [2.05, 4.69) is 10.6 Å². The van der Waals surface area contributed by atoms with Crippen LogP contribution in [0.2, 0.25) is 0 Å². The molecule has 3 N–H and O–H groups in total. The Morgan fingerprint density at radius 1 is 0.853 bits per heavy atom. The van der Waals surface area contributed by atoms with Gasteiger partial charge in [-0.2, -0.15) is 0 Å². The summed E-state index contributed by atoms with van der Waals surface area (Å²) in [6.07, 6.45) is -1.40. The molecule has 0 saturated heterocycles. The molecule has 2 rings (SSSR count). The maximum absolute atomic E-state index is 12.9. The van der Waals surface area contributed by atoms with Crippen LogP contribution in [0, 0.1) is 0 Å². The lowest BCUT2D eigenvalue weighted by Gasteiger charge is -2.23. The smallest absolute Gasteiger partial charge is 0.408 e. The van der Waals surface area contributed by atoms with Gasteiger partial charge in [-0.15, -0.1) is 0 Å². The number of aliphatic carboxylic acids is 1. The molecule has 0 bridgehead atoms. The molecule has 0 aliphatic carbocycles. The highest BCUT2D eigenvalue weighted by molar-refractivity contribution is 5.92. The standard InChI is InChI=1S/C25H30N2O7/c1-25(2,3)34-21(28)15-19(27-24(32)33-16-18-12-8-5-9-13-18)22(29)26-20(23(30)31)14-17-10-6-4-7-11-17/h4-13,19-20H,14-16H2,1-3H3,(H,26,29)(H,27,32)(H,30,31)/t19-,20-/m0/s1. The lowest BCUT2D eigenvalue weighted by Crippen LogP contribution is -2.53. The van der Waals surface area contributed by atoms with Crippen LogP contribution in [0.1, 0.15) is 38.3 Å². The summed E-state index contributed by atoms with van der Waals surface area (Å²) >= 11 is 0. The summed E-state index contributed by atoms with van der Waals surface area (Å²) < 4.78 is 10.4. The fourth-order valence-electron chi connectivity index (χ4n) is 2.99. The Morgan fingerprint density at radius 2 is 1.41 bits per heavy atom. The molecule has 0 radical (unpaired) electrons. The Hall–Kier alpha value is -3.88. The monoisotopic (exact) mass is 470 g/mol. The third-order valence-corrected chi connectivity index (χ3v) is 4.51. The number of hydrogen-bond donors (Lipinski definition) is 3. The minimum Gasteiger partial charge on any atom is -0.480 e. The van der Waals surface area contributed by atoms with E-state index in [0.29, 0.717) is 5.56 Å². The molecule has 0 heterocycles. The molecule has 0 spiro atoms. The predicted octanol–water partition coefficient (Wildman–Crippen LogP) is 2.83. The fraction of sp³-hybridized carbons (Fsp3) is 0.360. The van der Waals surface area contributed by atoms with Crippen LogP contribution in [-0.2, 0) is 36.9 Å². The van der Waals surface area contributed by atoms with E-state index >= 15 is 0 Å². The number of carboxylic acid groups (broad SMARTS) is 1. The van der Waals surface area contributed by atoms with E-state index in [4.69, 9.17) is 9.47 Å². The number of carbonyl (C=O) groups excluding carboxylic acids is 3. The number of rotatable bonds is 10. The first-order chi connectivity index (χ1) is 16.0. The number of ether oxygens (including phenoxy) is 2. The highest BCUT2D eigenvalue weighted by Crippen LogP contribution is 2.11. The van der Waals surface area contributed by atoms with Gasteiger partial charge in [0, 0.05) is 6.42 Å². The second-order valence-electron chi connectivity index (χ2n) is 8.64. The first-order valence-electron chi connectivity index (χ1n) is 10.8. The number of hydrogen-bond acceptors (Lipinski definition) is 6. The third-order valence-electron chi connectivity index (χ3n) is 4.51. The van der Waals surface area contributed by atoms with Crippen molar-refractivity contribution in [3.8, 4) is 0 Å². The lowest BCUT2D eigenvalue weighted by molar-refractivity contribution is -0.156. The molecule has 0 aliphatic heterocycles. The molecule has 2 amide bonds. The molecule has 0 unspecified atom stereocenters. The van der Waals surface area contributed by atoms with Crippen molar-refractivity contribution >= 4 is 23.9 Å². The molecule has 9 nitrogen and oxygen atoms in total. The number of benzene rings is 2. The molecule has 2 aromatic rings. The topological polar surface area (TPSA) is 131 Å². The molecule has 9 heteroatoms. The van der Waals surface area contributed by atoms with Crippen molar-refractivity contribution in [1.29, 1.82) is 0 Å². The molecule has 2 atom stereocenters. The molecular formula is C25H30N2O7. The van der Waals surface area contributed by atoms with Gasteiger partial charge in [-0.05, 0) is 31.9 Å². The Morgan fingerprint density at radius 3 is 1.94 bits per heavy atom. The number of amides is 2. The van der Waals surface area contributed by atoms with E-state index in [1.165, 1.54) is 0 Å². The summed E-state index contributed by atoms with van der Waals surface area (Å²) in [6, 6.07) is 15.0. The predicted molar refractivity (Wildman–Crippen MR) is 124 cm³/mol. The van der Waals surface area contributed by atoms with Gasteiger partial charge < -0.3 is 25.2 Å². The lowest BCUT2D eigenvalue weighted by atomic mass is 10.1. The minimum absolute atomic E-state index is 0.0273. The van der Waals surface area contributed by atoms with Gasteiger partial charge in [0.15, 0.2) is 0 Å². The van der Waals surface area contributed by atoms with Crippen LogP contribution < -0.4 is 10.6 Å². The van der Waals surface area contributed by atoms with E-state index in [1.54, 1.807) is 75.4 Å². The van der Waals surface area contributed by atoms with E-state index in [-0.39, 0.29) is 13.0 Å². The van der Waals surface area contributed by atoms with Crippen LogP contribution in [0.15, 0.2) is 60.7 Å². The van der Waals surface area contributed by atoms with Gasteiger partial charge in [0.1, 0.15) is 24.3 Å². The molecule has 0 aliphatic rings. The van der Waals surface area contributed by atoms with E-state index in [1.807, 2.05) is 6.07 Å². The largest absolute Gasteiger partial charge is 0.480 e. The van der Waals surface area contributed by atoms with Crippen molar-refractivity contribution in [3.63, 3.8) is 0 Å². The average Bonchev–Trinajstić information content (AvgIpc) is 2.77. The van der Waals surface area contributed by atoms with Crippen molar-refractivity contribution in [1.82, 2.24) is 10.6 Å². The van der Waals surface area contributed by atoms with Crippen molar-refractivity contribution < 1.29 is 33.8 Å². The van der Waals surface area contributed by atoms with E-state index in [0.717, 1.165) is 5.56 Å². The number of alkyl carbamates (subject to hydrolysis) is 1. The van der Waals surface area contributed by atoms with Gasteiger partial charge in [-0.25, -0.2) is 9.59 Å². The maximum atomic E-state index is 12.9. The second-order valence-corrected chi connectivity index (χ2v) is 8.64. The molecule has 34 heavy (non-hydrogen) atoms. The van der Waals surface area contributed by atoms with Crippen molar-refractivity contribution in [2.75, 3.05) is 0 Å². The zero-order valence-electron chi connectivity index (χ0n) is 19.4. The molecule has 0 aromatic heterocycles. The summed E-state index contributed by atoms with van der Waals surface area (Å²) in [5, 5.41) is 14.3. The molecule has 0 fully saturated rings. The van der Waals surface area contributed by atoms with Crippen LogP contribution in [0.3, 0.4) is 0 Å². The Labute approximate surface area is 198 Å². The summed E-state index contributed by atoms with van der Waals surface area (Å²) in [5.74, 6) is -2.82. The van der Waals surface area contributed by atoms with Crippen LogP contribution in [0.4, 0.5) is 4.79 Å². The van der Waals surface area contributed by atoms with Gasteiger partial charge in [-0.1, -0.05) is 60.7 Å². The Kier molecular flexibility index (Phi) is 9.61. The van der Waals surface area contributed by atoms with Gasteiger partial charge in [0.25, 0.3) is 0 Å². The summed E-state index contributed by atoms with van der Waals surface area (Å²) in [6.45, 7) is 4.96. The first kappa shape index (κ1) is 26.4. The Balaban J connectivity index is 2.09. The van der Waals surface area contributed by atoms with Gasteiger partial charge >= 0.3 is 18.0 Å². The first-order valence-corrected chi connectivity index (χ1v) is 10.8. The van der Waals surface area contributed by atoms with Gasteiger partial charge in [-0.3, -0.25) is 9.59 Å². The molecule has 0 saturated carbocycles. The van der Waals surface area contributed by atoms with E-state index < -0.39 is 48.0 Å². The summed E-state index contributed by atoms with van der Waals surface area (Å²) in [5.41, 5.74) is 0.636. The van der Waals surface area contributed by atoms with Crippen molar-refractivity contribution in [3.05, 3.63) is 71.8 Å². The Bertz CT molecular complexity index is 972. The highest BCUT2D eigenvalue weighted by Gasteiger charge is 2.30. The zero-order chi connectivity index (χ0) is 25.1. The zero-order valence-corrected chi connectivity index (χ0v) is 19.4. The normalized spacial score (nSPS) is 12.7.